The number of aliphatic hydroxyl groups is 1. The Labute approximate surface area is 90.4 Å². The molecule has 2 N–H and O–H groups in total. The van der Waals surface area contributed by atoms with E-state index in [2.05, 4.69) is 21.2 Å². The van der Waals surface area contributed by atoms with Gasteiger partial charge in [0.25, 0.3) is 0 Å². The smallest absolute Gasteiger partial charge is 0.169 e. The van der Waals surface area contributed by atoms with Gasteiger partial charge in [-0.3, -0.25) is 0 Å². The molecule has 1 aromatic heterocycles. The maximum atomic E-state index is 9.45. The Kier molecular flexibility index (Phi) is 3.22. The summed E-state index contributed by atoms with van der Waals surface area (Å²) in [6.45, 7) is 1.67. The minimum absolute atomic E-state index is 0.0312. The van der Waals surface area contributed by atoms with Gasteiger partial charge in [-0.25, -0.2) is 0 Å². The Bertz CT molecular complexity index is 302. The average molecular weight is 262 g/mol. The van der Waals surface area contributed by atoms with Gasteiger partial charge >= 0.3 is 0 Å². The molecule has 1 saturated heterocycles. The molecular weight excluding hydrogens is 250 g/mol. The van der Waals surface area contributed by atoms with Crippen LogP contribution in [0.3, 0.4) is 0 Å². The summed E-state index contributed by atoms with van der Waals surface area (Å²) < 4.78 is 10.9. The molecule has 0 spiro atoms. The maximum Gasteiger partial charge on any atom is 0.169 e. The first-order chi connectivity index (χ1) is 6.75. The highest BCUT2D eigenvalue weighted by Gasteiger charge is 2.25. The van der Waals surface area contributed by atoms with Crippen LogP contribution in [0.4, 0.5) is 0 Å². The number of hydrogen-bond donors (Lipinski definition) is 2. The molecule has 1 aliphatic rings. The quantitative estimate of drug-likeness (QED) is 0.849. The van der Waals surface area contributed by atoms with Gasteiger partial charge in [0, 0.05) is 12.1 Å². The van der Waals surface area contributed by atoms with Crippen LogP contribution < -0.4 is 5.32 Å². The molecule has 2 atom stereocenters. The van der Waals surface area contributed by atoms with Crippen LogP contribution in [0.15, 0.2) is 21.4 Å². The molecule has 2 unspecified atom stereocenters. The van der Waals surface area contributed by atoms with Crippen LogP contribution in [0.25, 0.3) is 0 Å². The number of nitrogens with one attached hydrogen (secondary N) is 1. The summed E-state index contributed by atoms with van der Waals surface area (Å²) in [5.74, 6) is 0. The summed E-state index contributed by atoms with van der Waals surface area (Å²) in [6.07, 6.45) is 1.28. The third-order valence-corrected chi connectivity index (χ3v) is 2.66. The predicted octanol–water partition coefficient (Wildman–Crippen LogP) is 0.891. The predicted molar refractivity (Wildman–Crippen MR) is 53.9 cm³/mol. The molecule has 0 amide bonds. The summed E-state index contributed by atoms with van der Waals surface area (Å²) in [6, 6.07) is 1.93. The van der Waals surface area contributed by atoms with Crippen molar-refractivity contribution in [3.63, 3.8) is 0 Å². The van der Waals surface area contributed by atoms with Crippen molar-refractivity contribution in [3.8, 4) is 0 Å². The highest BCUT2D eigenvalue weighted by atomic mass is 79.9. The fourth-order valence-corrected chi connectivity index (χ4v) is 1.81. The molecule has 5 heteroatoms. The second-order valence-corrected chi connectivity index (χ2v) is 4.13. The van der Waals surface area contributed by atoms with Crippen molar-refractivity contribution >= 4 is 15.9 Å². The second-order valence-electron chi connectivity index (χ2n) is 3.35. The van der Waals surface area contributed by atoms with E-state index < -0.39 is 6.10 Å². The van der Waals surface area contributed by atoms with Crippen LogP contribution in [0.2, 0.25) is 0 Å². The third kappa shape index (κ3) is 2.36. The SMILES string of the molecule is OC1COCC1NCc1coc(Br)c1. The van der Waals surface area contributed by atoms with Crippen molar-refractivity contribution in [1.82, 2.24) is 5.32 Å². The lowest BCUT2D eigenvalue weighted by molar-refractivity contribution is 0.122. The average Bonchev–Trinajstić information content (AvgIpc) is 2.72. The van der Waals surface area contributed by atoms with E-state index in [9.17, 15) is 5.11 Å². The Morgan fingerprint density at radius 1 is 1.57 bits per heavy atom. The van der Waals surface area contributed by atoms with Crippen molar-refractivity contribution < 1.29 is 14.3 Å². The normalized spacial score (nSPS) is 27.0. The zero-order valence-corrected chi connectivity index (χ0v) is 9.16. The minimum Gasteiger partial charge on any atom is -0.457 e. The molecular formula is C9H12BrNO3. The molecule has 1 aliphatic heterocycles. The summed E-state index contributed by atoms with van der Waals surface area (Å²) in [5, 5.41) is 12.7. The summed E-state index contributed by atoms with van der Waals surface area (Å²) in [5.41, 5.74) is 1.05. The van der Waals surface area contributed by atoms with E-state index >= 15 is 0 Å². The van der Waals surface area contributed by atoms with E-state index in [4.69, 9.17) is 9.15 Å². The lowest BCUT2D eigenvalue weighted by Crippen LogP contribution is -2.38. The highest BCUT2D eigenvalue weighted by molar-refractivity contribution is 9.10. The number of halogens is 1. The Hall–Kier alpha value is -0.360. The molecule has 0 aliphatic carbocycles. The minimum atomic E-state index is -0.398. The van der Waals surface area contributed by atoms with Crippen LogP contribution in [-0.4, -0.2) is 30.5 Å². The van der Waals surface area contributed by atoms with E-state index in [1.54, 1.807) is 6.26 Å². The molecule has 0 aromatic carbocycles. The molecule has 14 heavy (non-hydrogen) atoms. The zero-order valence-electron chi connectivity index (χ0n) is 7.57. The number of rotatable bonds is 3. The van der Waals surface area contributed by atoms with Gasteiger partial charge in [-0.2, -0.15) is 0 Å². The molecule has 2 rings (SSSR count). The molecule has 0 radical (unpaired) electrons. The number of hydrogen-bond acceptors (Lipinski definition) is 4. The fourth-order valence-electron chi connectivity index (χ4n) is 1.43. The van der Waals surface area contributed by atoms with Crippen molar-refractivity contribution in [3.05, 3.63) is 22.6 Å². The highest BCUT2D eigenvalue weighted by Crippen LogP contribution is 2.14. The molecule has 78 valence electrons. The van der Waals surface area contributed by atoms with Crippen molar-refractivity contribution in [1.29, 1.82) is 0 Å². The van der Waals surface area contributed by atoms with Crippen LogP contribution in [0.5, 0.6) is 0 Å². The topological polar surface area (TPSA) is 54.6 Å². The largest absolute Gasteiger partial charge is 0.457 e. The summed E-state index contributed by atoms with van der Waals surface area (Å²) in [4.78, 5) is 0. The van der Waals surface area contributed by atoms with E-state index in [1.165, 1.54) is 0 Å². The van der Waals surface area contributed by atoms with Crippen LogP contribution in [0, 0.1) is 0 Å². The van der Waals surface area contributed by atoms with Gasteiger partial charge in [-0.05, 0) is 22.0 Å². The van der Waals surface area contributed by atoms with Gasteiger partial charge in [0.2, 0.25) is 0 Å². The molecule has 0 saturated carbocycles. The number of aliphatic hydroxyl groups excluding tert-OH is 1. The van der Waals surface area contributed by atoms with E-state index in [0.717, 1.165) is 10.2 Å². The fraction of sp³-hybridized carbons (Fsp3) is 0.556. The molecule has 4 nitrogen and oxygen atoms in total. The van der Waals surface area contributed by atoms with Crippen molar-refractivity contribution in [2.24, 2.45) is 0 Å². The lowest BCUT2D eigenvalue weighted by Gasteiger charge is -2.13. The maximum absolute atomic E-state index is 9.45. The monoisotopic (exact) mass is 261 g/mol. The molecule has 1 fully saturated rings. The standard InChI is InChI=1S/C9H12BrNO3/c10-9-1-6(3-14-9)2-11-7-4-13-5-8(7)12/h1,3,7-8,11-12H,2,4-5H2. The molecule has 2 heterocycles. The molecule has 0 bridgehead atoms. The molecule has 1 aromatic rings. The van der Waals surface area contributed by atoms with Gasteiger partial charge in [0.15, 0.2) is 4.67 Å². The number of furan rings is 1. The Balaban J connectivity index is 1.82. The summed E-state index contributed by atoms with van der Waals surface area (Å²) >= 11 is 3.23. The second kappa shape index (κ2) is 4.44. The van der Waals surface area contributed by atoms with Crippen LogP contribution >= 0.6 is 15.9 Å². The Morgan fingerprint density at radius 3 is 3.00 bits per heavy atom. The summed E-state index contributed by atoms with van der Waals surface area (Å²) in [7, 11) is 0. The first kappa shape index (κ1) is 10.2. The van der Waals surface area contributed by atoms with Crippen molar-refractivity contribution in [2.45, 2.75) is 18.7 Å². The van der Waals surface area contributed by atoms with Gasteiger partial charge < -0.3 is 19.6 Å². The van der Waals surface area contributed by atoms with Gasteiger partial charge in [-0.1, -0.05) is 0 Å². The zero-order chi connectivity index (χ0) is 9.97. The lowest BCUT2D eigenvalue weighted by atomic mass is 10.2. The van der Waals surface area contributed by atoms with E-state index in [-0.39, 0.29) is 6.04 Å². The van der Waals surface area contributed by atoms with Crippen LogP contribution in [-0.2, 0) is 11.3 Å². The Morgan fingerprint density at radius 2 is 2.43 bits per heavy atom. The van der Waals surface area contributed by atoms with Gasteiger partial charge in [0.05, 0.1) is 31.6 Å². The third-order valence-electron chi connectivity index (χ3n) is 2.24. The van der Waals surface area contributed by atoms with E-state index in [0.29, 0.717) is 19.8 Å². The van der Waals surface area contributed by atoms with Gasteiger partial charge in [0.1, 0.15) is 0 Å². The first-order valence-electron chi connectivity index (χ1n) is 4.48. The van der Waals surface area contributed by atoms with E-state index in [1.807, 2.05) is 6.07 Å². The first-order valence-corrected chi connectivity index (χ1v) is 5.27. The van der Waals surface area contributed by atoms with Gasteiger partial charge in [-0.15, -0.1) is 0 Å². The van der Waals surface area contributed by atoms with Crippen LogP contribution in [0.1, 0.15) is 5.56 Å². The number of ether oxygens (including phenoxy) is 1. The van der Waals surface area contributed by atoms with Crippen molar-refractivity contribution in [2.75, 3.05) is 13.2 Å².